The predicted molar refractivity (Wildman–Crippen MR) is 112 cm³/mol. The summed E-state index contributed by atoms with van der Waals surface area (Å²) in [5.74, 6) is -1.55. The molecular formula is C23H22ClN3O5-2. The number of carbonyl (C=O) groups excluding carboxylic acids is 2. The zero-order chi connectivity index (χ0) is 22.7. The molecule has 4 aliphatic carbocycles. The first-order valence-corrected chi connectivity index (χ1v) is 11.1. The van der Waals surface area contributed by atoms with Crippen LogP contribution in [0.1, 0.15) is 55.3 Å². The van der Waals surface area contributed by atoms with Crippen LogP contribution in [-0.2, 0) is 10.3 Å². The van der Waals surface area contributed by atoms with Crippen molar-refractivity contribution in [1.29, 1.82) is 0 Å². The molecule has 0 aliphatic heterocycles. The van der Waals surface area contributed by atoms with Crippen LogP contribution in [0.4, 0.5) is 11.4 Å². The third-order valence-corrected chi connectivity index (χ3v) is 7.80. The van der Waals surface area contributed by atoms with Gasteiger partial charge >= 0.3 is 0 Å². The Morgan fingerprint density at radius 1 is 1.12 bits per heavy atom. The highest BCUT2D eigenvalue weighted by Gasteiger charge is 2.59. The number of halogens is 1. The van der Waals surface area contributed by atoms with Gasteiger partial charge in [0.15, 0.2) is 0 Å². The summed E-state index contributed by atoms with van der Waals surface area (Å²) in [5, 5.41) is 29.8. The molecule has 0 amide bonds. The predicted octanol–water partition coefficient (Wildman–Crippen LogP) is 1.44. The van der Waals surface area contributed by atoms with Gasteiger partial charge in [-0.25, -0.2) is 4.68 Å². The van der Waals surface area contributed by atoms with E-state index in [1.165, 1.54) is 23.0 Å². The lowest BCUT2D eigenvalue weighted by Gasteiger charge is -2.62. The lowest BCUT2D eigenvalue weighted by atomic mass is 9.46. The standard InChI is InChI=1S/C23H24ClN3O5/c24-19-17(26-16-3-1-15(2-4-16)21(31)32)11-25-27(20(19)30)23-8-13-5-14(9-23)7-22(6-13,12-23)10-18(28)29/h1-4,11,13-14,26H,5-10,12H2,(H,28,29)(H,31,32)/p-2/t13-,14+,22?,23?. The van der Waals surface area contributed by atoms with Gasteiger partial charge in [0.2, 0.25) is 0 Å². The van der Waals surface area contributed by atoms with Crippen molar-refractivity contribution >= 4 is 34.9 Å². The van der Waals surface area contributed by atoms with Crippen molar-refractivity contribution in [3.05, 3.63) is 51.4 Å². The number of aromatic carboxylic acids is 1. The van der Waals surface area contributed by atoms with Crippen molar-refractivity contribution < 1.29 is 19.8 Å². The summed E-state index contributed by atoms with van der Waals surface area (Å²) >= 11 is 6.45. The van der Waals surface area contributed by atoms with Gasteiger partial charge in [0, 0.05) is 11.7 Å². The third kappa shape index (κ3) is 3.46. The Hall–Kier alpha value is -2.87. The summed E-state index contributed by atoms with van der Waals surface area (Å²) in [7, 11) is 0. The van der Waals surface area contributed by atoms with Crippen LogP contribution in [0.15, 0.2) is 35.3 Å². The molecule has 1 heterocycles. The average molecular weight is 456 g/mol. The number of carboxylic acids is 2. The molecule has 0 radical (unpaired) electrons. The van der Waals surface area contributed by atoms with Gasteiger partial charge < -0.3 is 25.1 Å². The van der Waals surface area contributed by atoms with E-state index in [4.69, 9.17) is 11.6 Å². The fraction of sp³-hybridized carbons (Fsp3) is 0.478. The van der Waals surface area contributed by atoms with E-state index in [-0.39, 0.29) is 22.4 Å². The number of benzene rings is 1. The van der Waals surface area contributed by atoms with Crippen LogP contribution in [0.25, 0.3) is 0 Å². The molecule has 0 saturated heterocycles. The first-order valence-electron chi connectivity index (χ1n) is 10.8. The van der Waals surface area contributed by atoms with E-state index in [2.05, 4.69) is 10.4 Å². The van der Waals surface area contributed by atoms with Gasteiger partial charge in [0.1, 0.15) is 5.02 Å². The third-order valence-electron chi connectivity index (χ3n) is 7.44. The molecule has 9 heteroatoms. The van der Waals surface area contributed by atoms with E-state index < -0.39 is 23.0 Å². The summed E-state index contributed by atoms with van der Waals surface area (Å²) in [6, 6.07) is 5.89. The van der Waals surface area contributed by atoms with Crippen molar-refractivity contribution in [2.24, 2.45) is 17.3 Å². The number of anilines is 2. The quantitative estimate of drug-likeness (QED) is 0.698. The minimum atomic E-state index is -1.27. The minimum absolute atomic E-state index is 0.00586. The van der Waals surface area contributed by atoms with Gasteiger partial charge in [-0.1, -0.05) is 23.7 Å². The van der Waals surface area contributed by atoms with Crippen molar-refractivity contribution in [1.82, 2.24) is 9.78 Å². The molecule has 32 heavy (non-hydrogen) atoms. The minimum Gasteiger partial charge on any atom is -0.550 e. The average Bonchev–Trinajstić information content (AvgIpc) is 2.69. The Kier molecular flexibility index (Phi) is 4.81. The molecule has 168 valence electrons. The number of carboxylic acid groups (broad SMARTS) is 2. The molecule has 6 rings (SSSR count). The molecule has 1 N–H and O–H groups in total. The highest BCUT2D eigenvalue weighted by molar-refractivity contribution is 6.33. The number of hydrogen-bond donors (Lipinski definition) is 1. The van der Waals surface area contributed by atoms with Gasteiger partial charge in [-0.2, -0.15) is 5.10 Å². The smallest absolute Gasteiger partial charge is 0.288 e. The summed E-state index contributed by atoms with van der Waals surface area (Å²) in [6.07, 6.45) is 6.53. The number of nitrogens with zero attached hydrogens (tertiary/aromatic N) is 2. The van der Waals surface area contributed by atoms with Gasteiger partial charge in [-0.05, 0) is 79.9 Å². The zero-order valence-electron chi connectivity index (χ0n) is 17.3. The zero-order valence-corrected chi connectivity index (χ0v) is 18.1. The second-order valence-corrected chi connectivity index (χ2v) is 10.2. The van der Waals surface area contributed by atoms with Crippen LogP contribution in [0, 0.1) is 17.3 Å². The molecule has 4 bridgehead atoms. The van der Waals surface area contributed by atoms with Crippen LogP contribution < -0.4 is 21.1 Å². The summed E-state index contributed by atoms with van der Waals surface area (Å²) in [5.41, 5.74) is -0.346. The Morgan fingerprint density at radius 2 is 1.78 bits per heavy atom. The van der Waals surface area contributed by atoms with E-state index in [1.54, 1.807) is 12.1 Å². The van der Waals surface area contributed by atoms with Crippen LogP contribution in [0.3, 0.4) is 0 Å². The molecule has 8 nitrogen and oxygen atoms in total. The second kappa shape index (κ2) is 7.33. The largest absolute Gasteiger partial charge is 0.550 e. The monoisotopic (exact) mass is 455 g/mol. The number of nitrogens with one attached hydrogen (secondary N) is 1. The molecule has 1 aromatic heterocycles. The summed E-state index contributed by atoms with van der Waals surface area (Å²) < 4.78 is 1.49. The number of hydrogen-bond acceptors (Lipinski definition) is 7. The Labute approximate surface area is 189 Å². The first kappa shape index (κ1) is 21.0. The lowest BCUT2D eigenvalue weighted by Crippen LogP contribution is -2.60. The maximum atomic E-state index is 13.3. The first-order chi connectivity index (χ1) is 15.2. The molecule has 2 unspecified atom stereocenters. The molecule has 2 aromatic rings. The fourth-order valence-electron chi connectivity index (χ4n) is 6.87. The number of aromatic nitrogens is 2. The second-order valence-electron chi connectivity index (χ2n) is 9.81. The molecule has 4 aliphatic rings. The number of rotatable bonds is 6. The van der Waals surface area contributed by atoms with Crippen LogP contribution in [0.5, 0.6) is 0 Å². The highest BCUT2D eigenvalue weighted by atomic mass is 35.5. The van der Waals surface area contributed by atoms with Crippen LogP contribution in [-0.4, -0.2) is 21.7 Å². The Bertz CT molecular complexity index is 1150. The summed E-state index contributed by atoms with van der Waals surface area (Å²) in [6.45, 7) is 0. The maximum Gasteiger partial charge on any atom is 0.288 e. The van der Waals surface area contributed by atoms with E-state index in [0.717, 1.165) is 32.1 Å². The Balaban J connectivity index is 1.46. The molecule has 0 spiro atoms. The topological polar surface area (TPSA) is 127 Å². The molecule has 4 fully saturated rings. The van der Waals surface area contributed by atoms with Gasteiger partial charge in [0.05, 0.1) is 23.4 Å². The SMILES string of the molecule is O=C([O-])CC12C[C@H]3C[C@@H](C1)CC(n1ncc(Nc4ccc(C(=O)[O-])cc4)c(Cl)c1=O)(C3)C2. The van der Waals surface area contributed by atoms with Crippen molar-refractivity contribution in [3.63, 3.8) is 0 Å². The van der Waals surface area contributed by atoms with Gasteiger partial charge in [-0.3, -0.25) is 4.79 Å². The van der Waals surface area contributed by atoms with Crippen LogP contribution in [0.2, 0.25) is 5.02 Å². The number of carbonyl (C=O) groups is 2. The normalized spacial score (nSPS) is 30.3. The van der Waals surface area contributed by atoms with Gasteiger partial charge in [0.25, 0.3) is 5.56 Å². The van der Waals surface area contributed by atoms with Crippen molar-refractivity contribution in [2.75, 3.05) is 5.32 Å². The van der Waals surface area contributed by atoms with Gasteiger partial charge in [-0.15, -0.1) is 0 Å². The maximum absolute atomic E-state index is 13.3. The van der Waals surface area contributed by atoms with Crippen molar-refractivity contribution in [2.45, 2.75) is 50.5 Å². The molecule has 4 saturated carbocycles. The fourth-order valence-corrected chi connectivity index (χ4v) is 7.04. The Morgan fingerprint density at radius 3 is 2.38 bits per heavy atom. The van der Waals surface area contributed by atoms with E-state index in [1.807, 2.05) is 0 Å². The summed E-state index contributed by atoms with van der Waals surface area (Å²) in [4.78, 5) is 35.6. The molecular weight excluding hydrogens is 434 g/mol. The van der Waals surface area contributed by atoms with Crippen LogP contribution >= 0.6 is 11.6 Å². The molecule has 1 aromatic carbocycles. The van der Waals surface area contributed by atoms with Crippen molar-refractivity contribution in [3.8, 4) is 0 Å². The van der Waals surface area contributed by atoms with E-state index in [9.17, 15) is 24.6 Å². The lowest BCUT2D eigenvalue weighted by molar-refractivity contribution is -0.310. The molecule has 4 atom stereocenters. The number of aliphatic carboxylic acids is 1. The van der Waals surface area contributed by atoms with E-state index in [0.29, 0.717) is 29.6 Å². The van der Waals surface area contributed by atoms with E-state index >= 15 is 0 Å². The highest BCUT2D eigenvalue weighted by Crippen LogP contribution is 2.64.